The van der Waals surface area contributed by atoms with E-state index in [1.165, 1.54) is 12.1 Å². The van der Waals surface area contributed by atoms with Crippen molar-refractivity contribution in [3.8, 4) is 11.1 Å². The van der Waals surface area contributed by atoms with Crippen molar-refractivity contribution in [1.29, 1.82) is 0 Å². The Morgan fingerprint density at radius 3 is 2.71 bits per heavy atom. The highest BCUT2D eigenvalue weighted by atomic mass is 19.1. The highest BCUT2D eigenvalue weighted by Crippen LogP contribution is 2.20. The van der Waals surface area contributed by atoms with Crippen LogP contribution in [0.15, 0.2) is 59.3 Å². The number of carbonyl (C=O) groups excluding carboxylic acids is 1. The first kappa shape index (κ1) is 13.2. The van der Waals surface area contributed by atoms with Crippen molar-refractivity contribution < 1.29 is 13.6 Å². The molecule has 1 aromatic carbocycles. The number of aromatic nitrogens is 1. The van der Waals surface area contributed by atoms with Gasteiger partial charge in [-0.3, -0.25) is 4.79 Å². The van der Waals surface area contributed by atoms with Gasteiger partial charge in [-0.1, -0.05) is 12.1 Å². The Kier molecular flexibility index (Phi) is 3.55. The minimum absolute atomic E-state index is 0.222. The van der Waals surface area contributed by atoms with Crippen LogP contribution in [0, 0.1) is 5.82 Å². The van der Waals surface area contributed by atoms with Crippen molar-refractivity contribution in [1.82, 2.24) is 10.3 Å². The molecular formula is C16H13FN2O2. The Morgan fingerprint density at radius 2 is 2.00 bits per heavy atom. The molecule has 2 aromatic heterocycles. The third-order valence-corrected chi connectivity index (χ3v) is 3.11. The summed E-state index contributed by atoms with van der Waals surface area (Å²) in [7, 11) is 0. The van der Waals surface area contributed by atoms with Gasteiger partial charge < -0.3 is 14.7 Å². The molecule has 0 saturated carbocycles. The van der Waals surface area contributed by atoms with Gasteiger partial charge in [0, 0.05) is 6.20 Å². The summed E-state index contributed by atoms with van der Waals surface area (Å²) in [5.74, 6) is 0.180. The third-order valence-electron chi connectivity index (χ3n) is 3.11. The highest BCUT2D eigenvalue weighted by molar-refractivity contribution is 5.93. The lowest BCUT2D eigenvalue weighted by molar-refractivity contribution is 0.0943. The molecular weight excluding hydrogens is 271 g/mol. The molecule has 0 fully saturated rings. The molecule has 3 aromatic rings. The van der Waals surface area contributed by atoms with Gasteiger partial charge in [-0.15, -0.1) is 0 Å². The molecule has 5 heteroatoms. The minimum Gasteiger partial charge on any atom is -0.467 e. The number of benzene rings is 1. The molecule has 106 valence electrons. The van der Waals surface area contributed by atoms with Gasteiger partial charge >= 0.3 is 0 Å². The second kappa shape index (κ2) is 5.66. The number of nitrogens with one attached hydrogen (secondary N) is 2. The van der Waals surface area contributed by atoms with Crippen LogP contribution in [0.1, 0.15) is 16.2 Å². The van der Waals surface area contributed by atoms with Crippen LogP contribution >= 0.6 is 0 Å². The van der Waals surface area contributed by atoms with E-state index in [4.69, 9.17) is 4.42 Å². The van der Waals surface area contributed by atoms with Crippen LogP contribution in [0.25, 0.3) is 11.1 Å². The van der Waals surface area contributed by atoms with Crippen molar-refractivity contribution in [3.05, 3.63) is 72.2 Å². The van der Waals surface area contributed by atoms with Crippen LogP contribution in [-0.4, -0.2) is 10.9 Å². The highest BCUT2D eigenvalue weighted by Gasteiger charge is 2.10. The number of hydrogen-bond donors (Lipinski definition) is 2. The van der Waals surface area contributed by atoms with Crippen molar-refractivity contribution >= 4 is 5.91 Å². The summed E-state index contributed by atoms with van der Waals surface area (Å²) in [6.07, 6.45) is 3.28. The van der Waals surface area contributed by atoms with Gasteiger partial charge in [0.05, 0.1) is 12.8 Å². The second-order valence-corrected chi connectivity index (χ2v) is 4.57. The predicted molar refractivity (Wildman–Crippen MR) is 76.1 cm³/mol. The summed E-state index contributed by atoms with van der Waals surface area (Å²) in [6, 6.07) is 11.4. The first-order chi connectivity index (χ1) is 10.2. The molecule has 0 spiro atoms. The van der Waals surface area contributed by atoms with Crippen LogP contribution in [0.4, 0.5) is 4.39 Å². The van der Waals surface area contributed by atoms with E-state index < -0.39 is 0 Å². The zero-order valence-electron chi connectivity index (χ0n) is 11.1. The van der Waals surface area contributed by atoms with Gasteiger partial charge in [0.1, 0.15) is 17.3 Å². The van der Waals surface area contributed by atoms with Gasteiger partial charge in [-0.2, -0.15) is 0 Å². The number of halogens is 1. The fourth-order valence-corrected chi connectivity index (χ4v) is 2.01. The van der Waals surface area contributed by atoms with Crippen LogP contribution in [-0.2, 0) is 6.54 Å². The third kappa shape index (κ3) is 3.02. The van der Waals surface area contributed by atoms with Crippen molar-refractivity contribution in [2.75, 3.05) is 0 Å². The molecule has 2 N–H and O–H groups in total. The number of rotatable bonds is 4. The predicted octanol–water partition coefficient (Wildman–Crippen LogP) is 3.34. The monoisotopic (exact) mass is 284 g/mol. The summed E-state index contributed by atoms with van der Waals surface area (Å²) in [6.45, 7) is 0.330. The normalized spacial score (nSPS) is 10.5. The molecule has 0 aliphatic carbocycles. The molecule has 0 radical (unpaired) electrons. The maximum atomic E-state index is 12.9. The standard InChI is InChI=1S/C16H13FN2O2/c17-13-5-3-11(4-6-13)12-8-15(18-9-12)16(20)19-10-14-2-1-7-21-14/h1-9,18H,10H2,(H,19,20). The van der Waals surface area contributed by atoms with E-state index in [0.717, 1.165) is 11.1 Å². The summed E-state index contributed by atoms with van der Waals surface area (Å²) >= 11 is 0. The van der Waals surface area contributed by atoms with Crippen LogP contribution in [0.2, 0.25) is 0 Å². The van der Waals surface area contributed by atoms with Crippen molar-refractivity contribution in [2.45, 2.75) is 6.54 Å². The fourth-order valence-electron chi connectivity index (χ4n) is 2.01. The van der Waals surface area contributed by atoms with Gasteiger partial charge in [-0.25, -0.2) is 4.39 Å². The van der Waals surface area contributed by atoms with Gasteiger partial charge in [-0.05, 0) is 41.5 Å². The molecule has 3 rings (SSSR count). The van der Waals surface area contributed by atoms with Crippen molar-refractivity contribution in [2.24, 2.45) is 0 Å². The number of carbonyl (C=O) groups is 1. The Labute approximate surface area is 120 Å². The van der Waals surface area contributed by atoms with E-state index >= 15 is 0 Å². The van der Waals surface area contributed by atoms with Crippen LogP contribution in [0.3, 0.4) is 0 Å². The summed E-state index contributed by atoms with van der Waals surface area (Å²) < 4.78 is 18.0. The molecule has 0 atom stereocenters. The average molecular weight is 284 g/mol. The van der Waals surface area contributed by atoms with E-state index in [1.54, 1.807) is 42.8 Å². The molecule has 0 saturated heterocycles. The SMILES string of the molecule is O=C(NCc1ccco1)c1cc(-c2ccc(F)cc2)c[nH]1. The summed E-state index contributed by atoms with van der Waals surface area (Å²) in [5.41, 5.74) is 2.12. The maximum absolute atomic E-state index is 12.9. The molecule has 21 heavy (non-hydrogen) atoms. The number of amides is 1. The number of furan rings is 1. The number of H-pyrrole nitrogens is 1. The topological polar surface area (TPSA) is 58.0 Å². The smallest absolute Gasteiger partial charge is 0.268 e. The molecule has 0 aliphatic heterocycles. The van der Waals surface area contributed by atoms with Crippen molar-refractivity contribution in [3.63, 3.8) is 0 Å². The second-order valence-electron chi connectivity index (χ2n) is 4.57. The van der Waals surface area contributed by atoms with Crippen LogP contribution in [0.5, 0.6) is 0 Å². The van der Waals surface area contributed by atoms with Gasteiger partial charge in [0.25, 0.3) is 5.91 Å². The number of aromatic amines is 1. The van der Waals surface area contributed by atoms with E-state index in [9.17, 15) is 9.18 Å². The summed E-state index contributed by atoms with van der Waals surface area (Å²) in [4.78, 5) is 14.9. The molecule has 2 heterocycles. The lowest BCUT2D eigenvalue weighted by Gasteiger charge is -2.00. The first-order valence-electron chi connectivity index (χ1n) is 6.47. The van der Waals surface area contributed by atoms with E-state index in [0.29, 0.717) is 18.0 Å². The molecule has 0 bridgehead atoms. The van der Waals surface area contributed by atoms with E-state index in [2.05, 4.69) is 10.3 Å². The quantitative estimate of drug-likeness (QED) is 0.772. The Balaban J connectivity index is 1.69. The lowest BCUT2D eigenvalue weighted by atomic mass is 10.1. The zero-order chi connectivity index (χ0) is 14.7. The molecule has 4 nitrogen and oxygen atoms in total. The first-order valence-corrected chi connectivity index (χ1v) is 6.47. The van der Waals surface area contributed by atoms with Crippen LogP contribution < -0.4 is 5.32 Å². The lowest BCUT2D eigenvalue weighted by Crippen LogP contribution is -2.22. The Bertz CT molecular complexity index is 730. The largest absolute Gasteiger partial charge is 0.467 e. The Morgan fingerprint density at radius 1 is 1.19 bits per heavy atom. The van der Waals surface area contributed by atoms with E-state index in [1.807, 2.05) is 0 Å². The van der Waals surface area contributed by atoms with Gasteiger partial charge in [0.15, 0.2) is 0 Å². The summed E-state index contributed by atoms with van der Waals surface area (Å²) in [5, 5.41) is 2.75. The maximum Gasteiger partial charge on any atom is 0.268 e. The fraction of sp³-hybridized carbons (Fsp3) is 0.0625. The van der Waals surface area contributed by atoms with Gasteiger partial charge in [0.2, 0.25) is 0 Å². The average Bonchev–Trinajstić information content (AvgIpc) is 3.17. The minimum atomic E-state index is -0.286. The van der Waals surface area contributed by atoms with E-state index in [-0.39, 0.29) is 11.7 Å². The molecule has 0 unspecified atom stereocenters. The number of hydrogen-bond acceptors (Lipinski definition) is 2. The zero-order valence-corrected chi connectivity index (χ0v) is 11.1. The molecule has 1 amide bonds. The molecule has 0 aliphatic rings. The Hall–Kier alpha value is -2.82.